The summed E-state index contributed by atoms with van der Waals surface area (Å²) < 4.78 is 5.16. The van der Waals surface area contributed by atoms with Gasteiger partial charge in [-0.3, -0.25) is 0 Å². The van der Waals surface area contributed by atoms with Crippen molar-refractivity contribution in [1.82, 2.24) is 5.32 Å². The van der Waals surface area contributed by atoms with Gasteiger partial charge in [0.05, 0.1) is 0 Å². The monoisotopic (exact) mass is 213 g/mol. The van der Waals surface area contributed by atoms with Gasteiger partial charge in [0.1, 0.15) is 0 Å². The van der Waals surface area contributed by atoms with Crippen molar-refractivity contribution in [2.45, 2.75) is 40.0 Å². The fourth-order valence-corrected chi connectivity index (χ4v) is 2.21. The molecule has 0 amide bonds. The predicted octanol–water partition coefficient (Wildman–Crippen LogP) is 2.68. The molecule has 0 aromatic heterocycles. The largest absolute Gasteiger partial charge is 0.385 e. The highest BCUT2D eigenvalue weighted by Crippen LogP contribution is 2.52. The molecule has 2 heteroatoms. The van der Waals surface area contributed by atoms with E-state index >= 15 is 0 Å². The van der Waals surface area contributed by atoms with E-state index in [0.29, 0.717) is 5.41 Å². The van der Waals surface area contributed by atoms with Gasteiger partial charge in [-0.25, -0.2) is 0 Å². The zero-order valence-electron chi connectivity index (χ0n) is 10.8. The van der Waals surface area contributed by atoms with Crippen LogP contribution in [0.15, 0.2) is 0 Å². The molecule has 1 atom stereocenters. The Morgan fingerprint density at radius 2 is 1.93 bits per heavy atom. The number of ether oxygens (including phenoxy) is 1. The molecule has 1 aliphatic carbocycles. The molecule has 0 spiro atoms. The van der Waals surface area contributed by atoms with Crippen molar-refractivity contribution in [3.63, 3.8) is 0 Å². The molecule has 0 heterocycles. The Morgan fingerprint density at radius 1 is 1.27 bits per heavy atom. The standard InChI is InChI=1S/C13H27NO/c1-11(2)9-14-10-13(6-7-13)12(3)5-8-15-4/h11-12,14H,5-10H2,1-4H3. The highest BCUT2D eigenvalue weighted by molar-refractivity contribution is 4.98. The molecule has 0 radical (unpaired) electrons. The summed E-state index contributed by atoms with van der Waals surface area (Å²) in [6.45, 7) is 10.2. The average Bonchev–Trinajstić information content (AvgIpc) is 2.95. The van der Waals surface area contributed by atoms with E-state index in [4.69, 9.17) is 4.74 Å². The van der Waals surface area contributed by atoms with Gasteiger partial charge in [0.15, 0.2) is 0 Å². The minimum atomic E-state index is 0.605. The lowest BCUT2D eigenvalue weighted by Gasteiger charge is -2.24. The minimum absolute atomic E-state index is 0.605. The van der Waals surface area contributed by atoms with Crippen LogP contribution < -0.4 is 5.32 Å². The summed E-state index contributed by atoms with van der Waals surface area (Å²) in [7, 11) is 1.79. The maximum Gasteiger partial charge on any atom is 0.0465 e. The zero-order valence-corrected chi connectivity index (χ0v) is 10.8. The van der Waals surface area contributed by atoms with Crippen molar-refractivity contribution in [3.8, 4) is 0 Å². The fraction of sp³-hybridized carbons (Fsp3) is 1.00. The Labute approximate surface area is 94.8 Å². The van der Waals surface area contributed by atoms with Crippen LogP contribution in [0, 0.1) is 17.3 Å². The van der Waals surface area contributed by atoms with E-state index in [-0.39, 0.29) is 0 Å². The maximum atomic E-state index is 5.16. The van der Waals surface area contributed by atoms with E-state index in [1.54, 1.807) is 7.11 Å². The van der Waals surface area contributed by atoms with E-state index in [9.17, 15) is 0 Å². The van der Waals surface area contributed by atoms with Gasteiger partial charge in [-0.05, 0) is 43.1 Å². The second-order valence-electron chi connectivity index (χ2n) is 5.57. The summed E-state index contributed by atoms with van der Waals surface area (Å²) in [5.74, 6) is 1.56. The summed E-state index contributed by atoms with van der Waals surface area (Å²) in [6, 6.07) is 0. The van der Waals surface area contributed by atoms with Crippen LogP contribution >= 0.6 is 0 Å². The average molecular weight is 213 g/mol. The zero-order chi connectivity index (χ0) is 11.3. The van der Waals surface area contributed by atoms with Crippen LogP contribution in [0.1, 0.15) is 40.0 Å². The Kier molecular flexibility index (Phi) is 5.07. The summed E-state index contributed by atoms with van der Waals surface area (Å²) in [4.78, 5) is 0. The van der Waals surface area contributed by atoms with Gasteiger partial charge in [-0.2, -0.15) is 0 Å². The molecular formula is C13H27NO. The second kappa shape index (κ2) is 5.86. The van der Waals surface area contributed by atoms with Crippen molar-refractivity contribution >= 4 is 0 Å². The van der Waals surface area contributed by atoms with E-state index in [2.05, 4.69) is 26.1 Å². The molecule has 0 aromatic rings. The minimum Gasteiger partial charge on any atom is -0.385 e. The molecular weight excluding hydrogens is 186 g/mol. The van der Waals surface area contributed by atoms with Gasteiger partial charge < -0.3 is 10.1 Å². The lowest BCUT2D eigenvalue weighted by Crippen LogP contribution is -2.31. The first-order chi connectivity index (χ1) is 7.10. The molecule has 2 nitrogen and oxygen atoms in total. The van der Waals surface area contributed by atoms with Crippen LogP contribution in [0.2, 0.25) is 0 Å². The van der Waals surface area contributed by atoms with Crippen LogP contribution in [-0.2, 0) is 4.74 Å². The molecule has 1 fully saturated rings. The lowest BCUT2D eigenvalue weighted by molar-refractivity contribution is 0.158. The van der Waals surface area contributed by atoms with Crippen molar-refractivity contribution in [2.75, 3.05) is 26.8 Å². The molecule has 15 heavy (non-hydrogen) atoms. The first-order valence-electron chi connectivity index (χ1n) is 6.30. The molecule has 0 aliphatic heterocycles. The molecule has 1 unspecified atom stereocenters. The van der Waals surface area contributed by atoms with Crippen molar-refractivity contribution in [3.05, 3.63) is 0 Å². The Morgan fingerprint density at radius 3 is 2.40 bits per heavy atom. The molecule has 1 N–H and O–H groups in total. The van der Waals surface area contributed by atoms with E-state index in [0.717, 1.165) is 25.0 Å². The van der Waals surface area contributed by atoms with Gasteiger partial charge in [-0.15, -0.1) is 0 Å². The first kappa shape index (κ1) is 13.0. The maximum absolute atomic E-state index is 5.16. The summed E-state index contributed by atoms with van der Waals surface area (Å²) in [5, 5.41) is 3.60. The molecule has 0 aromatic carbocycles. The third-order valence-corrected chi connectivity index (χ3v) is 3.72. The first-order valence-corrected chi connectivity index (χ1v) is 6.30. The van der Waals surface area contributed by atoms with E-state index in [1.165, 1.54) is 25.8 Å². The van der Waals surface area contributed by atoms with Crippen molar-refractivity contribution in [1.29, 1.82) is 0 Å². The topological polar surface area (TPSA) is 21.3 Å². The number of rotatable bonds is 8. The third-order valence-electron chi connectivity index (χ3n) is 3.72. The Bertz CT molecular complexity index is 175. The van der Waals surface area contributed by atoms with E-state index < -0.39 is 0 Å². The Hall–Kier alpha value is -0.0800. The van der Waals surface area contributed by atoms with Gasteiger partial charge in [-0.1, -0.05) is 20.8 Å². The number of hydrogen-bond donors (Lipinski definition) is 1. The second-order valence-corrected chi connectivity index (χ2v) is 5.57. The summed E-state index contributed by atoms with van der Waals surface area (Å²) in [5.41, 5.74) is 0.605. The SMILES string of the molecule is COCCC(C)C1(CNCC(C)C)CC1. The van der Waals surface area contributed by atoms with Gasteiger partial charge in [0, 0.05) is 20.3 Å². The molecule has 1 aliphatic rings. The molecule has 1 saturated carbocycles. The fourth-order valence-electron chi connectivity index (χ4n) is 2.21. The van der Waals surface area contributed by atoms with Crippen LogP contribution in [0.3, 0.4) is 0 Å². The van der Waals surface area contributed by atoms with Crippen LogP contribution in [-0.4, -0.2) is 26.8 Å². The summed E-state index contributed by atoms with van der Waals surface area (Å²) in [6.07, 6.45) is 4.02. The summed E-state index contributed by atoms with van der Waals surface area (Å²) >= 11 is 0. The van der Waals surface area contributed by atoms with Gasteiger partial charge in [0.25, 0.3) is 0 Å². The highest BCUT2D eigenvalue weighted by atomic mass is 16.5. The predicted molar refractivity (Wildman–Crippen MR) is 65.0 cm³/mol. The lowest BCUT2D eigenvalue weighted by atomic mass is 9.88. The normalized spacial score (nSPS) is 20.6. The van der Waals surface area contributed by atoms with Gasteiger partial charge >= 0.3 is 0 Å². The number of hydrogen-bond acceptors (Lipinski definition) is 2. The molecule has 1 rings (SSSR count). The molecule has 0 saturated heterocycles. The number of methoxy groups -OCH3 is 1. The van der Waals surface area contributed by atoms with Crippen molar-refractivity contribution in [2.24, 2.45) is 17.3 Å². The van der Waals surface area contributed by atoms with Crippen LogP contribution in [0.5, 0.6) is 0 Å². The molecule has 90 valence electrons. The highest BCUT2D eigenvalue weighted by Gasteiger charge is 2.46. The van der Waals surface area contributed by atoms with Crippen LogP contribution in [0.25, 0.3) is 0 Å². The van der Waals surface area contributed by atoms with Crippen LogP contribution in [0.4, 0.5) is 0 Å². The smallest absolute Gasteiger partial charge is 0.0465 e. The Balaban J connectivity index is 2.20. The number of nitrogens with one attached hydrogen (secondary N) is 1. The van der Waals surface area contributed by atoms with E-state index in [1.807, 2.05) is 0 Å². The third kappa shape index (κ3) is 4.12. The van der Waals surface area contributed by atoms with Gasteiger partial charge in [0.2, 0.25) is 0 Å². The quantitative estimate of drug-likeness (QED) is 0.669. The molecule has 0 bridgehead atoms. The van der Waals surface area contributed by atoms with Crippen molar-refractivity contribution < 1.29 is 4.74 Å².